The van der Waals surface area contributed by atoms with Crippen molar-refractivity contribution in [1.29, 1.82) is 0 Å². The molecule has 3 aromatic rings. The minimum absolute atomic E-state index is 0.835. The van der Waals surface area contributed by atoms with E-state index in [0.29, 0.717) is 0 Å². The number of nitrogens with zero attached hydrogens (tertiary/aromatic N) is 1. The Balaban J connectivity index is 1.72. The zero-order chi connectivity index (χ0) is 13.8. The zero-order valence-corrected chi connectivity index (χ0v) is 12.2. The average Bonchev–Trinajstić information content (AvgIpc) is 3.01. The van der Waals surface area contributed by atoms with Crippen LogP contribution in [0.25, 0.3) is 10.6 Å². The summed E-state index contributed by atoms with van der Waals surface area (Å²) in [7, 11) is 0. The number of aryl methyl sites for hydroxylation is 1. The van der Waals surface area contributed by atoms with Gasteiger partial charge in [0.15, 0.2) is 0 Å². The third-order valence-electron chi connectivity index (χ3n) is 3.16. The lowest BCUT2D eigenvalue weighted by molar-refractivity contribution is 1.14. The van der Waals surface area contributed by atoms with E-state index in [2.05, 4.69) is 65.8 Å². The van der Waals surface area contributed by atoms with Gasteiger partial charge in [0.2, 0.25) is 0 Å². The molecule has 0 atom stereocenters. The summed E-state index contributed by atoms with van der Waals surface area (Å²) in [5, 5.41) is 6.52. The third kappa shape index (κ3) is 3.06. The second-order valence-corrected chi connectivity index (χ2v) is 5.65. The van der Waals surface area contributed by atoms with Gasteiger partial charge >= 0.3 is 0 Å². The number of anilines is 1. The average molecular weight is 280 g/mol. The summed E-state index contributed by atoms with van der Waals surface area (Å²) in [5.41, 5.74) is 4.86. The number of benzene rings is 2. The van der Waals surface area contributed by atoms with Crippen LogP contribution in [0.2, 0.25) is 0 Å². The SMILES string of the molecule is Cc1ccc(CNc2cccc(-c3nccs3)c2)cc1. The molecule has 0 fully saturated rings. The summed E-state index contributed by atoms with van der Waals surface area (Å²) < 4.78 is 0. The number of hydrogen-bond donors (Lipinski definition) is 1. The molecule has 1 aromatic heterocycles. The van der Waals surface area contributed by atoms with Gasteiger partial charge in [-0.05, 0) is 24.6 Å². The van der Waals surface area contributed by atoms with E-state index in [0.717, 1.165) is 22.8 Å². The molecule has 100 valence electrons. The van der Waals surface area contributed by atoms with Crippen LogP contribution >= 0.6 is 11.3 Å². The summed E-state index contributed by atoms with van der Waals surface area (Å²) >= 11 is 1.66. The molecule has 0 aliphatic rings. The van der Waals surface area contributed by atoms with E-state index in [1.165, 1.54) is 11.1 Å². The third-order valence-corrected chi connectivity index (χ3v) is 3.98. The summed E-state index contributed by atoms with van der Waals surface area (Å²) in [4.78, 5) is 4.35. The van der Waals surface area contributed by atoms with Crippen molar-refractivity contribution in [1.82, 2.24) is 4.98 Å². The van der Waals surface area contributed by atoms with Crippen LogP contribution < -0.4 is 5.32 Å². The first-order chi connectivity index (χ1) is 9.81. The van der Waals surface area contributed by atoms with E-state index in [-0.39, 0.29) is 0 Å². The van der Waals surface area contributed by atoms with Gasteiger partial charge in [0.05, 0.1) is 0 Å². The van der Waals surface area contributed by atoms with Gasteiger partial charge in [0, 0.05) is 29.4 Å². The normalized spacial score (nSPS) is 10.4. The first kappa shape index (κ1) is 12.9. The van der Waals surface area contributed by atoms with Gasteiger partial charge in [-0.25, -0.2) is 4.98 Å². The molecular formula is C17H16N2S. The first-order valence-electron chi connectivity index (χ1n) is 6.60. The van der Waals surface area contributed by atoms with Crippen LogP contribution in [0.15, 0.2) is 60.1 Å². The summed E-state index contributed by atoms with van der Waals surface area (Å²) in [5.74, 6) is 0. The fourth-order valence-corrected chi connectivity index (χ4v) is 2.67. The Morgan fingerprint density at radius 3 is 2.70 bits per heavy atom. The highest BCUT2D eigenvalue weighted by Gasteiger charge is 2.01. The highest BCUT2D eigenvalue weighted by molar-refractivity contribution is 7.13. The van der Waals surface area contributed by atoms with Gasteiger partial charge in [0.1, 0.15) is 5.01 Å². The molecule has 0 saturated carbocycles. The molecule has 0 bridgehead atoms. The molecule has 1 heterocycles. The maximum atomic E-state index is 4.35. The van der Waals surface area contributed by atoms with Crippen LogP contribution in [-0.4, -0.2) is 4.98 Å². The Labute approximate surface area is 123 Å². The van der Waals surface area contributed by atoms with Crippen LogP contribution in [0.3, 0.4) is 0 Å². The van der Waals surface area contributed by atoms with Gasteiger partial charge in [0.25, 0.3) is 0 Å². The van der Waals surface area contributed by atoms with Crippen molar-refractivity contribution in [2.45, 2.75) is 13.5 Å². The van der Waals surface area contributed by atoms with Crippen LogP contribution in [0.1, 0.15) is 11.1 Å². The van der Waals surface area contributed by atoms with E-state index < -0.39 is 0 Å². The first-order valence-corrected chi connectivity index (χ1v) is 7.48. The predicted molar refractivity (Wildman–Crippen MR) is 86.1 cm³/mol. The Morgan fingerprint density at radius 1 is 1.10 bits per heavy atom. The molecule has 2 aromatic carbocycles. The molecule has 0 unspecified atom stereocenters. The topological polar surface area (TPSA) is 24.9 Å². The lowest BCUT2D eigenvalue weighted by atomic mass is 10.1. The molecule has 3 rings (SSSR count). The van der Waals surface area contributed by atoms with Crippen molar-refractivity contribution >= 4 is 17.0 Å². The minimum Gasteiger partial charge on any atom is -0.381 e. The minimum atomic E-state index is 0.835. The quantitative estimate of drug-likeness (QED) is 0.747. The Bertz CT molecular complexity index is 672. The Kier molecular flexibility index (Phi) is 3.79. The number of nitrogens with one attached hydrogen (secondary N) is 1. The van der Waals surface area contributed by atoms with E-state index in [4.69, 9.17) is 0 Å². The van der Waals surface area contributed by atoms with Crippen molar-refractivity contribution in [3.05, 3.63) is 71.2 Å². The molecule has 20 heavy (non-hydrogen) atoms. The molecule has 0 aliphatic heterocycles. The lowest BCUT2D eigenvalue weighted by Gasteiger charge is -2.08. The van der Waals surface area contributed by atoms with E-state index in [1.54, 1.807) is 11.3 Å². The van der Waals surface area contributed by atoms with Crippen molar-refractivity contribution in [2.75, 3.05) is 5.32 Å². The maximum Gasteiger partial charge on any atom is 0.123 e. The maximum absolute atomic E-state index is 4.35. The molecular weight excluding hydrogens is 264 g/mol. The largest absolute Gasteiger partial charge is 0.381 e. The van der Waals surface area contributed by atoms with Crippen LogP contribution in [0.4, 0.5) is 5.69 Å². The standard InChI is InChI=1S/C17H16N2S/c1-13-5-7-14(8-6-13)12-19-16-4-2-3-15(11-16)17-18-9-10-20-17/h2-11,19H,12H2,1H3. The Hall–Kier alpha value is -2.13. The summed E-state index contributed by atoms with van der Waals surface area (Å²) in [6.07, 6.45) is 1.84. The van der Waals surface area contributed by atoms with E-state index in [1.807, 2.05) is 11.6 Å². The fraction of sp³-hybridized carbons (Fsp3) is 0.118. The van der Waals surface area contributed by atoms with Crippen molar-refractivity contribution in [2.24, 2.45) is 0 Å². The van der Waals surface area contributed by atoms with E-state index in [9.17, 15) is 0 Å². The molecule has 1 N–H and O–H groups in total. The number of aromatic nitrogens is 1. The number of hydrogen-bond acceptors (Lipinski definition) is 3. The fourth-order valence-electron chi connectivity index (χ4n) is 2.04. The summed E-state index contributed by atoms with van der Waals surface area (Å²) in [6, 6.07) is 17.0. The van der Waals surface area contributed by atoms with Gasteiger partial charge in [-0.2, -0.15) is 0 Å². The summed E-state index contributed by atoms with van der Waals surface area (Å²) in [6.45, 7) is 2.94. The monoisotopic (exact) mass is 280 g/mol. The predicted octanol–water partition coefficient (Wildman–Crippen LogP) is 4.73. The van der Waals surface area contributed by atoms with Gasteiger partial charge < -0.3 is 5.32 Å². The van der Waals surface area contributed by atoms with Gasteiger partial charge in [-0.3, -0.25) is 0 Å². The molecule has 2 nitrogen and oxygen atoms in total. The van der Waals surface area contributed by atoms with Crippen LogP contribution in [0.5, 0.6) is 0 Å². The highest BCUT2D eigenvalue weighted by Crippen LogP contribution is 2.24. The highest BCUT2D eigenvalue weighted by atomic mass is 32.1. The molecule has 0 radical (unpaired) electrons. The molecule has 0 aliphatic carbocycles. The molecule has 0 spiro atoms. The second kappa shape index (κ2) is 5.88. The van der Waals surface area contributed by atoms with Crippen LogP contribution in [-0.2, 0) is 6.54 Å². The molecule has 3 heteroatoms. The number of rotatable bonds is 4. The zero-order valence-electron chi connectivity index (χ0n) is 11.3. The Morgan fingerprint density at radius 2 is 1.95 bits per heavy atom. The van der Waals surface area contributed by atoms with Gasteiger partial charge in [-0.15, -0.1) is 11.3 Å². The van der Waals surface area contributed by atoms with Crippen LogP contribution in [0, 0.1) is 6.92 Å². The van der Waals surface area contributed by atoms with E-state index >= 15 is 0 Å². The second-order valence-electron chi connectivity index (χ2n) is 4.76. The number of thiazole rings is 1. The van der Waals surface area contributed by atoms with Gasteiger partial charge in [-0.1, -0.05) is 42.0 Å². The molecule has 0 amide bonds. The smallest absolute Gasteiger partial charge is 0.123 e. The molecule has 0 saturated heterocycles. The van der Waals surface area contributed by atoms with Crippen molar-refractivity contribution < 1.29 is 0 Å². The van der Waals surface area contributed by atoms with Crippen molar-refractivity contribution in [3.63, 3.8) is 0 Å². The van der Waals surface area contributed by atoms with Crippen molar-refractivity contribution in [3.8, 4) is 10.6 Å². The lowest BCUT2D eigenvalue weighted by Crippen LogP contribution is -1.99.